The van der Waals surface area contributed by atoms with Gasteiger partial charge in [0.15, 0.2) is 0 Å². The van der Waals surface area contributed by atoms with Gasteiger partial charge in [0, 0.05) is 47.3 Å². The van der Waals surface area contributed by atoms with Crippen LogP contribution in [0.3, 0.4) is 0 Å². The molecular formula is C38H28F4N12O2. The van der Waals surface area contributed by atoms with Crippen LogP contribution < -0.4 is 22.1 Å². The first-order valence-electron chi connectivity index (χ1n) is 16.6. The second-order valence-electron chi connectivity index (χ2n) is 12.1. The predicted octanol–water partition coefficient (Wildman–Crippen LogP) is 6.00. The molecule has 0 aliphatic rings. The Morgan fingerprint density at radius 3 is 1.75 bits per heavy atom. The number of halogens is 4. The van der Waals surface area contributed by atoms with Crippen molar-refractivity contribution in [3.63, 3.8) is 0 Å². The van der Waals surface area contributed by atoms with Gasteiger partial charge in [-0.2, -0.15) is 10.2 Å². The Balaban J connectivity index is 0.000000172. The van der Waals surface area contributed by atoms with E-state index < -0.39 is 35.1 Å². The quantitative estimate of drug-likeness (QED) is 0.120. The third kappa shape index (κ3) is 8.23. The molecule has 8 rings (SSSR count). The lowest BCUT2D eigenvalue weighted by atomic mass is 10.1. The zero-order valence-corrected chi connectivity index (χ0v) is 28.9. The third-order valence-electron chi connectivity index (χ3n) is 8.09. The van der Waals surface area contributed by atoms with E-state index in [1.165, 1.54) is 28.0 Å². The van der Waals surface area contributed by atoms with Gasteiger partial charge in [0.1, 0.15) is 58.4 Å². The average Bonchev–Trinajstić information content (AvgIpc) is 3.78. The van der Waals surface area contributed by atoms with Crippen molar-refractivity contribution in [3.05, 3.63) is 133 Å². The third-order valence-corrected chi connectivity index (χ3v) is 8.09. The molecule has 0 saturated carbocycles. The molecule has 0 unspecified atom stereocenters. The predicted molar refractivity (Wildman–Crippen MR) is 199 cm³/mol. The Labute approximate surface area is 313 Å². The van der Waals surface area contributed by atoms with Crippen molar-refractivity contribution in [1.29, 1.82) is 0 Å². The van der Waals surface area contributed by atoms with Crippen molar-refractivity contribution < 1.29 is 27.2 Å². The largest absolute Gasteiger partial charge is 0.368 e. The van der Waals surface area contributed by atoms with Crippen LogP contribution in [0.15, 0.2) is 110 Å². The minimum atomic E-state index is -0.572. The van der Waals surface area contributed by atoms with E-state index in [1.807, 2.05) is 0 Å². The number of hydrogen-bond acceptors (Lipinski definition) is 10. The zero-order chi connectivity index (χ0) is 39.3. The molecule has 0 bridgehead atoms. The summed E-state index contributed by atoms with van der Waals surface area (Å²) < 4.78 is 58.0. The first-order valence-corrected chi connectivity index (χ1v) is 16.6. The molecule has 8 aromatic rings. The monoisotopic (exact) mass is 760 g/mol. The number of rotatable bonds is 10. The Morgan fingerprint density at radius 1 is 0.625 bits per heavy atom. The summed E-state index contributed by atoms with van der Waals surface area (Å²) in [5.41, 5.74) is 15.9. The van der Waals surface area contributed by atoms with Gasteiger partial charge in [0.25, 0.3) is 0 Å². The molecule has 0 radical (unpaired) electrons. The fourth-order valence-corrected chi connectivity index (χ4v) is 5.71. The van der Waals surface area contributed by atoms with Crippen LogP contribution in [0.5, 0.6) is 0 Å². The number of primary amides is 2. The van der Waals surface area contributed by atoms with Crippen molar-refractivity contribution in [2.45, 2.75) is 13.1 Å². The van der Waals surface area contributed by atoms with Gasteiger partial charge < -0.3 is 22.1 Å². The van der Waals surface area contributed by atoms with Gasteiger partial charge in [0.2, 0.25) is 11.8 Å². The Bertz CT molecular complexity index is 2750. The highest BCUT2D eigenvalue weighted by molar-refractivity contribution is 5.91. The minimum Gasteiger partial charge on any atom is -0.368 e. The Hall–Kier alpha value is -7.76. The van der Waals surface area contributed by atoms with E-state index in [0.29, 0.717) is 44.8 Å². The molecule has 0 fully saturated rings. The smallest absolute Gasteiger partial charge is 0.239 e. The molecular weight excluding hydrogens is 732 g/mol. The lowest BCUT2D eigenvalue weighted by Crippen LogP contribution is -2.19. The van der Waals surface area contributed by atoms with Crippen molar-refractivity contribution in [1.82, 2.24) is 39.5 Å². The average molecular weight is 761 g/mol. The number of fused-ring (bicyclic) bond motifs is 2. The SMILES string of the molecule is NC(=O)Cn1cc2nccc(Nc3ccnc(-c4cc(F)ccc4F)c3)c2n1.NC(=O)Cn1ncc2nccc(Nc3ccnc(-c4cc(F)ccc4F)c3)c21. The van der Waals surface area contributed by atoms with Crippen LogP contribution in [-0.4, -0.2) is 51.3 Å². The summed E-state index contributed by atoms with van der Waals surface area (Å²) in [6, 6.07) is 16.4. The van der Waals surface area contributed by atoms with Gasteiger partial charge >= 0.3 is 0 Å². The molecule has 6 aromatic heterocycles. The zero-order valence-electron chi connectivity index (χ0n) is 28.9. The molecule has 0 atom stereocenters. The fourth-order valence-electron chi connectivity index (χ4n) is 5.71. The van der Waals surface area contributed by atoms with Crippen LogP contribution in [0.2, 0.25) is 0 Å². The van der Waals surface area contributed by atoms with E-state index in [-0.39, 0.29) is 35.6 Å². The van der Waals surface area contributed by atoms with Crippen LogP contribution in [0, 0.1) is 23.3 Å². The Kier molecular flexibility index (Phi) is 10.3. The highest BCUT2D eigenvalue weighted by Gasteiger charge is 2.14. The van der Waals surface area contributed by atoms with Crippen molar-refractivity contribution in [3.8, 4) is 22.5 Å². The first-order chi connectivity index (χ1) is 27.0. The van der Waals surface area contributed by atoms with Crippen LogP contribution in [-0.2, 0) is 22.7 Å². The number of amides is 2. The lowest BCUT2D eigenvalue weighted by Gasteiger charge is -2.11. The number of nitrogens with one attached hydrogen (secondary N) is 2. The van der Waals surface area contributed by atoms with Crippen LogP contribution in [0.1, 0.15) is 0 Å². The second kappa shape index (κ2) is 15.7. The van der Waals surface area contributed by atoms with E-state index in [0.717, 1.165) is 36.4 Å². The number of carbonyl (C=O) groups is 2. The fraction of sp³-hybridized carbons (Fsp3) is 0.0526. The molecule has 280 valence electrons. The molecule has 2 amide bonds. The highest BCUT2D eigenvalue weighted by atomic mass is 19.1. The van der Waals surface area contributed by atoms with Crippen LogP contribution >= 0.6 is 0 Å². The highest BCUT2D eigenvalue weighted by Crippen LogP contribution is 2.30. The summed E-state index contributed by atoms with van der Waals surface area (Å²) in [5.74, 6) is -3.29. The molecule has 14 nitrogen and oxygen atoms in total. The van der Waals surface area contributed by atoms with Crippen molar-refractivity contribution in [2.24, 2.45) is 11.5 Å². The maximum absolute atomic E-state index is 14.1. The standard InChI is InChI=1S/2C19H14F2N6O/c20-11-1-2-14(21)13(7-11)16-8-12(3-5-23-16)25-15-4-6-24-17-9-27(10-18(22)28)26-19(15)17;20-11-1-2-14(21)13(7-11)16-8-12(3-5-23-16)26-15-4-6-24-17-9-25-27(19(15)17)10-18(22)28/h1-9H,10H2,(H2,22,28)(H,23,25);1-9H,10H2,(H2,22,28)(H,23,24,26). The molecule has 6 heterocycles. The maximum atomic E-state index is 14.1. The number of hydrogen-bond donors (Lipinski definition) is 4. The number of benzene rings is 2. The summed E-state index contributed by atoms with van der Waals surface area (Å²) in [6.07, 6.45) is 9.31. The van der Waals surface area contributed by atoms with E-state index in [2.05, 4.69) is 40.8 Å². The van der Waals surface area contributed by atoms with Gasteiger partial charge in [-0.3, -0.25) is 38.9 Å². The van der Waals surface area contributed by atoms with Gasteiger partial charge in [-0.1, -0.05) is 0 Å². The van der Waals surface area contributed by atoms with Crippen molar-refractivity contribution >= 4 is 56.6 Å². The molecule has 0 aliphatic heterocycles. The summed E-state index contributed by atoms with van der Waals surface area (Å²) in [5, 5.41) is 14.8. The van der Waals surface area contributed by atoms with Gasteiger partial charge in [-0.25, -0.2) is 17.6 Å². The van der Waals surface area contributed by atoms with Gasteiger partial charge in [-0.05, 0) is 72.8 Å². The summed E-state index contributed by atoms with van der Waals surface area (Å²) in [4.78, 5) is 39.1. The maximum Gasteiger partial charge on any atom is 0.239 e. The number of aromatic nitrogens is 8. The number of nitrogens with two attached hydrogens (primary N) is 2. The van der Waals surface area contributed by atoms with Crippen LogP contribution in [0.25, 0.3) is 44.6 Å². The molecule has 2 aromatic carbocycles. The number of anilines is 4. The number of pyridine rings is 4. The van der Waals surface area contributed by atoms with E-state index in [1.54, 1.807) is 55.0 Å². The van der Waals surface area contributed by atoms with Gasteiger partial charge in [-0.15, -0.1) is 0 Å². The first kappa shape index (κ1) is 36.6. The number of carbonyl (C=O) groups excluding carboxylic acids is 2. The van der Waals surface area contributed by atoms with Crippen molar-refractivity contribution in [2.75, 3.05) is 10.6 Å². The summed E-state index contributed by atoms with van der Waals surface area (Å²) in [6.45, 7) is -0.159. The summed E-state index contributed by atoms with van der Waals surface area (Å²) in [7, 11) is 0. The van der Waals surface area contributed by atoms with E-state index >= 15 is 0 Å². The van der Waals surface area contributed by atoms with Crippen LogP contribution in [0.4, 0.5) is 40.3 Å². The molecule has 0 spiro atoms. The summed E-state index contributed by atoms with van der Waals surface area (Å²) >= 11 is 0. The second-order valence-corrected chi connectivity index (χ2v) is 12.1. The topological polar surface area (TPSA) is 197 Å². The molecule has 6 N–H and O–H groups in total. The van der Waals surface area contributed by atoms with E-state index in [4.69, 9.17) is 11.5 Å². The molecule has 0 saturated heterocycles. The normalized spacial score (nSPS) is 10.9. The molecule has 0 aliphatic carbocycles. The minimum absolute atomic E-state index is 0.0577. The number of nitrogens with zero attached hydrogens (tertiary/aromatic N) is 8. The molecule has 18 heteroatoms. The molecule has 56 heavy (non-hydrogen) atoms. The lowest BCUT2D eigenvalue weighted by molar-refractivity contribution is -0.119. The van der Waals surface area contributed by atoms with Gasteiger partial charge in [0.05, 0.1) is 35.2 Å². The Morgan fingerprint density at radius 2 is 1.16 bits per heavy atom. The van der Waals surface area contributed by atoms with E-state index in [9.17, 15) is 27.2 Å².